The number of nitrogens with one attached hydrogen (secondary N) is 2. The lowest BCUT2D eigenvalue weighted by Crippen LogP contribution is -2.29. The number of hydrogen-bond acceptors (Lipinski definition) is 6. The summed E-state index contributed by atoms with van der Waals surface area (Å²) in [6.45, 7) is 2.26. The van der Waals surface area contributed by atoms with E-state index in [0.29, 0.717) is 11.6 Å². The summed E-state index contributed by atoms with van der Waals surface area (Å²) in [5, 5.41) is 13.6. The zero-order valence-corrected chi connectivity index (χ0v) is 13.7. The summed E-state index contributed by atoms with van der Waals surface area (Å²) in [6.07, 6.45) is 3.29. The predicted octanol–water partition coefficient (Wildman–Crippen LogP) is 3.39. The van der Waals surface area contributed by atoms with Crippen LogP contribution >= 0.6 is 0 Å². The fourth-order valence-corrected chi connectivity index (χ4v) is 2.68. The fourth-order valence-electron chi connectivity index (χ4n) is 2.68. The van der Waals surface area contributed by atoms with Crippen LogP contribution in [0.2, 0.25) is 0 Å². The lowest BCUT2D eigenvalue weighted by atomic mass is 10.1. The maximum absolute atomic E-state index is 11.1. The highest BCUT2D eigenvalue weighted by atomic mass is 16.5. The second kappa shape index (κ2) is 7.63. The van der Waals surface area contributed by atoms with Crippen molar-refractivity contribution in [2.24, 2.45) is 0 Å². The summed E-state index contributed by atoms with van der Waals surface area (Å²) in [7, 11) is 1.30. The molecular weight excluding hydrogens is 306 g/mol. The number of piperidine rings is 1. The molecule has 1 aromatic heterocycles. The third kappa shape index (κ3) is 4.13. The first-order valence-electron chi connectivity index (χ1n) is 8.05. The molecule has 1 aromatic carbocycles. The molecule has 1 aliphatic rings. The van der Waals surface area contributed by atoms with Crippen LogP contribution in [0.1, 0.15) is 19.3 Å². The van der Waals surface area contributed by atoms with E-state index in [1.165, 1.54) is 32.1 Å². The number of ether oxygens (including phenoxy) is 1. The lowest BCUT2D eigenvalue weighted by molar-refractivity contribution is 0.187. The molecule has 0 unspecified atom stereocenters. The number of aromatic nitrogens is 2. The van der Waals surface area contributed by atoms with Crippen molar-refractivity contribution in [3.8, 4) is 0 Å². The maximum atomic E-state index is 11.1. The minimum Gasteiger partial charge on any atom is -0.453 e. The van der Waals surface area contributed by atoms with E-state index in [1.807, 2.05) is 12.1 Å². The molecule has 0 aliphatic carbocycles. The van der Waals surface area contributed by atoms with Crippen LogP contribution in [0.3, 0.4) is 0 Å². The average molecular weight is 327 g/mol. The summed E-state index contributed by atoms with van der Waals surface area (Å²) in [6, 6.07) is 11.7. The molecule has 2 N–H and O–H groups in total. The first-order chi connectivity index (χ1) is 11.7. The summed E-state index contributed by atoms with van der Waals surface area (Å²) < 4.78 is 4.50. The number of carbonyl (C=O) groups excluding carboxylic acids is 1. The number of methoxy groups -OCH3 is 1. The van der Waals surface area contributed by atoms with Gasteiger partial charge in [-0.2, -0.15) is 0 Å². The van der Waals surface area contributed by atoms with Crippen LogP contribution in [0.15, 0.2) is 36.4 Å². The minimum atomic E-state index is -0.571. The van der Waals surface area contributed by atoms with Gasteiger partial charge in [0.05, 0.1) is 7.11 Å². The van der Waals surface area contributed by atoms with Gasteiger partial charge in [-0.15, -0.1) is 10.2 Å². The molecule has 1 amide bonds. The number of benzene rings is 1. The second-order valence-corrected chi connectivity index (χ2v) is 5.64. The Bertz CT molecular complexity index is 666. The number of carbonyl (C=O) groups is 1. The van der Waals surface area contributed by atoms with Crippen LogP contribution in [-0.4, -0.2) is 36.5 Å². The third-order valence-electron chi connectivity index (χ3n) is 3.94. The third-order valence-corrected chi connectivity index (χ3v) is 3.94. The Kier molecular flexibility index (Phi) is 5.10. The smallest absolute Gasteiger partial charge is 0.412 e. The van der Waals surface area contributed by atoms with Crippen molar-refractivity contribution >= 4 is 29.1 Å². The molecule has 7 nitrogen and oxygen atoms in total. The van der Waals surface area contributed by atoms with Crippen molar-refractivity contribution in [3.05, 3.63) is 36.4 Å². The highest BCUT2D eigenvalue weighted by Gasteiger charge is 2.10. The van der Waals surface area contributed by atoms with Gasteiger partial charge in [0, 0.05) is 24.5 Å². The molecule has 1 aliphatic heterocycles. The van der Waals surface area contributed by atoms with Crippen molar-refractivity contribution < 1.29 is 9.53 Å². The number of rotatable bonds is 4. The van der Waals surface area contributed by atoms with E-state index >= 15 is 0 Å². The van der Waals surface area contributed by atoms with Crippen LogP contribution in [0.4, 0.5) is 27.8 Å². The molecule has 0 bridgehead atoms. The molecular formula is C17H21N5O2. The topological polar surface area (TPSA) is 79.4 Å². The first-order valence-corrected chi connectivity index (χ1v) is 8.05. The van der Waals surface area contributed by atoms with Gasteiger partial charge in [0.25, 0.3) is 0 Å². The SMILES string of the molecule is COC(=O)Nc1ccc(Nc2ccc(N3CCCCC3)cc2)nn1. The molecule has 0 radical (unpaired) electrons. The summed E-state index contributed by atoms with van der Waals surface area (Å²) in [5.41, 5.74) is 2.20. The normalized spacial score (nSPS) is 14.1. The second-order valence-electron chi connectivity index (χ2n) is 5.64. The number of amides is 1. The van der Waals surface area contributed by atoms with Gasteiger partial charge < -0.3 is 15.0 Å². The molecule has 1 saturated heterocycles. The van der Waals surface area contributed by atoms with Crippen molar-refractivity contribution in [2.75, 3.05) is 35.7 Å². The highest BCUT2D eigenvalue weighted by molar-refractivity contribution is 5.83. The van der Waals surface area contributed by atoms with Crippen LogP contribution in [-0.2, 0) is 4.74 Å². The lowest BCUT2D eigenvalue weighted by Gasteiger charge is -2.28. The predicted molar refractivity (Wildman–Crippen MR) is 93.8 cm³/mol. The monoisotopic (exact) mass is 327 g/mol. The summed E-state index contributed by atoms with van der Waals surface area (Å²) >= 11 is 0. The van der Waals surface area contributed by atoms with Crippen LogP contribution in [0, 0.1) is 0 Å². The van der Waals surface area contributed by atoms with E-state index in [2.05, 4.69) is 42.6 Å². The van der Waals surface area contributed by atoms with Crippen LogP contribution in [0.5, 0.6) is 0 Å². The summed E-state index contributed by atoms with van der Waals surface area (Å²) in [5.74, 6) is 0.948. The molecule has 24 heavy (non-hydrogen) atoms. The van der Waals surface area contributed by atoms with Gasteiger partial charge in [0.1, 0.15) is 0 Å². The maximum Gasteiger partial charge on any atom is 0.412 e. The largest absolute Gasteiger partial charge is 0.453 e. The Morgan fingerprint density at radius 1 is 1.00 bits per heavy atom. The van der Waals surface area contributed by atoms with E-state index in [1.54, 1.807) is 12.1 Å². The molecule has 0 atom stereocenters. The molecule has 0 spiro atoms. The van der Waals surface area contributed by atoms with Gasteiger partial charge in [-0.05, 0) is 55.7 Å². The van der Waals surface area contributed by atoms with E-state index in [9.17, 15) is 4.79 Å². The van der Waals surface area contributed by atoms with E-state index < -0.39 is 6.09 Å². The summed E-state index contributed by atoms with van der Waals surface area (Å²) in [4.78, 5) is 13.5. The Morgan fingerprint density at radius 3 is 2.29 bits per heavy atom. The first kappa shape index (κ1) is 16.0. The Hall–Kier alpha value is -2.83. The van der Waals surface area contributed by atoms with Gasteiger partial charge in [-0.25, -0.2) is 4.79 Å². The molecule has 0 saturated carbocycles. The van der Waals surface area contributed by atoms with Crippen molar-refractivity contribution in [1.82, 2.24) is 10.2 Å². The number of hydrogen-bond donors (Lipinski definition) is 2. The Morgan fingerprint density at radius 2 is 1.67 bits per heavy atom. The van der Waals surface area contributed by atoms with Crippen molar-refractivity contribution in [3.63, 3.8) is 0 Å². The van der Waals surface area contributed by atoms with Gasteiger partial charge in [0.2, 0.25) is 0 Å². The molecule has 2 aromatic rings. The van der Waals surface area contributed by atoms with Crippen molar-refractivity contribution in [1.29, 1.82) is 0 Å². The van der Waals surface area contributed by atoms with E-state index in [0.717, 1.165) is 18.8 Å². The zero-order chi connectivity index (χ0) is 16.8. The average Bonchev–Trinajstić information content (AvgIpc) is 2.64. The van der Waals surface area contributed by atoms with Gasteiger partial charge in [0.15, 0.2) is 11.6 Å². The van der Waals surface area contributed by atoms with Crippen LogP contribution < -0.4 is 15.5 Å². The number of anilines is 4. The Labute approximate surface area is 141 Å². The minimum absolute atomic E-state index is 0.341. The highest BCUT2D eigenvalue weighted by Crippen LogP contribution is 2.23. The number of nitrogens with zero attached hydrogens (tertiary/aromatic N) is 3. The fraction of sp³-hybridized carbons (Fsp3) is 0.353. The molecule has 1 fully saturated rings. The molecule has 7 heteroatoms. The quantitative estimate of drug-likeness (QED) is 0.896. The van der Waals surface area contributed by atoms with Crippen LogP contribution in [0.25, 0.3) is 0 Å². The van der Waals surface area contributed by atoms with Gasteiger partial charge in [-0.1, -0.05) is 0 Å². The Balaban J connectivity index is 1.60. The van der Waals surface area contributed by atoms with E-state index in [4.69, 9.17) is 0 Å². The standard InChI is InChI=1S/C17H21N5O2/c1-24-17(23)19-16-10-9-15(20-21-16)18-13-5-7-14(8-6-13)22-11-3-2-4-12-22/h5-10H,2-4,11-12H2,1H3,(H,18,20)(H,19,21,23). The molecule has 2 heterocycles. The zero-order valence-electron chi connectivity index (χ0n) is 13.7. The van der Waals surface area contributed by atoms with Gasteiger partial charge >= 0.3 is 6.09 Å². The van der Waals surface area contributed by atoms with Gasteiger partial charge in [-0.3, -0.25) is 5.32 Å². The van der Waals surface area contributed by atoms with Crippen molar-refractivity contribution in [2.45, 2.75) is 19.3 Å². The van der Waals surface area contributed by atoms with E-state index in [-0.39, 0.29) is 0 Å². The molecule has 3 rings (SSSR count). The molecule has 126 valence electrons.